The van der Waals surface area contributed by atoms with E-state index in [-0.39, 0.29) is 11.5 Å². The number of allylic oxidation sites excluding steroid dienone is 2. The summed E-state index contributed by atoms with van der Waals surface area (Å²) in [4.78, 5) is 0. The fraction of sp³-hybridized carbons (Fsp3) is 0.474. The number of ether oxygens (including phenoxy) is 3. The Morgan fingerprint density at radius 2 is 2.09 bits per heavy atom. The topological polar surface area (TPSA) is 27.7 Å². The number of rotatable bonds is 2. The van der Waals surface area contributed by atoms with E-state index in [1.807, 2.05) is 0 Å². The van der Waals surface area contributed by atoms with Gasteiger partial charge in [-0.05, 0) is 42.9 Å². The molecule has 0 N–H and O–H groups in total. The van der Waals surface area contributed by atoms with Gasteiger partial charge in [-0.25, -0.2) is 0 Å². The smallest absolute Gasteiger partial charge is 0.169 e. The predicted molar refractivity (Wildman–Crippen MR) is 83.3 cm³/mol. The molecule has 4 aliphatic rings. The largest absolute Gasteiger partial charge is 0.497 e. The maximum atomic E-state index is 6.44. The van der Waals surface area contributed by atoms with Crippen LogP contribution in [0, 0.1) is 5.92 Å². The van der Waals surface area contributed by atoms with Crippen molar-refractivity contribution in [2.75, 3.05) is 14.2 Å². The molecule has 1 saturated carbocycles. The van der Waals surface area contributed by atoms with Crippen LogP contribution in [0.15, 0.2) is 35.6 Å². The lowest BCUT2D eigenvalue weighted by molar-refractivity contribution is 0.0947. The van der Waals surface area contributed by atoms with E-state index < -0.39 is 0 Å². The summed E-state index contributed by atoms with van der Waals surface area (Å²) in [7, 11) is 3.46. The highest BCUT2D eigenvalue weighted by Gasteiger charge is 2.60. The summed E-state index contributed by atoms with van der Waals surface area (Å²) in [6.07, 6.45) is 9.22. The van der Waals surface area contributed by atoms with Gasteiger partial charge in [0, 0.05) is 5.56 Å². The van der Waals surface area contributed by atoms with Gasteiger partial charge in [-0.3, -0.25) is 0 Å². The minimum absolute atomic E-state index is 0.0134. The van der Waals surface area contributed by atoms with Crippen LogP contribution in [0.4, 0.5) is 0 Å². The van der Waals surface area contributed by atoms with Crippen molar-refractivity contribution in [1.29, 1.82) is 0 Å². The Morgan fingerprint density at radius 3 is 2.91 bits per heavy atom. The zero-order chi connectivity index (χ0) is 14.9. The quantitative estimate of drug-likeness (QED) is 0.835. The highest BCUT2D eigenvalue weighted by molar-refractivity contribution is 5.66. The lowest BCUT2D eigenvalue weighted by Crippen LogP contribution is -2.50. The van der Waals surface area contributed by atoms with Crippen molar-refractivity contribution in [2.45, 2.75) is 37.2 Å². The molecular formula is C19H20O3. The van der Waals surface area contributed by atoms with Gasteiger partial charge in [0.1, 0.15) is 5.76 Å². The second-order valence-corrected chi connectivity index (χ2v) is 6.79. The molecule has 3 aliphatic carbocycles. The number of methoxy groups -OCH3 is 2. The molecule has 1 aromatic carbocycles. The van der Waals surface area contributed by atoms with Gasteiger partial charge in [0.15, 0.2) is 17.6 Å². The van der Waals surface area contributed by atoms with E-state index in [9.17, 15) is 0 Å². The van der Waals surface area contributed by atoms with Gasteiger partial charge in [-0.2, -0.15) is 0 Å². The Labute approximate surface area is 130 Å². The summed E-state index contributed by atoms with van der Waals surface area (Å²) in [6.45, 7) is 0. The summed E-state index contributed by atoms with van der Waals surface area (Å²) >= 11 is 0. The van der Waals surface area contributed by atoms with Crippen LogP contribution in [0.2, 0.25) is 0 Å². The van der Waals surface area contributed by atoms with Crippen LogP contribution in [0.25, 0.3) is 0 Å². The van der Waals surface area contributed by atoms with E-state index in [1.165, 1.54) is 24.0 Å². The lowest BCUT2D eigenvalue weighted by atomic mass is 9.53. The molecular weight excluding hydrogens is 276 g/mol. The Balaban J connectivity index is 1.85. The SMILES string of the molecule is COC1=CC=C2[C@@H]3CCCC24c2c(ccc(OC)c2OC14)C3. The minimum atomic E-state index is -0.0225. The van der Waals surface area contributed by atoms with Crippen LogP contribution < -0.4 is 9.47 Å². The number of hydrogen-bond acceptors (Lipinski definition) is 3. The molecule has 2 bridgehead atoms. The molecule has 5 rings (SSSR count). The van der Waals surface area contributed by atoms with Crippen molar-refractivity contribution in [3.8, 4) is 11.5 Å². The van der Waals surface area contributed by atoms with Gasteiger partial charge < -0.3 is 14.2 Å². The number of hydrogen-bond donors (Lipinski definition) is 0. The molecule has 0 radical (unpaired) electrons. The first-order valence-electron chi connectivity index (χ1n) is 8.13. The van der Waals surface area contributed by atoms with Gasteiger partial charge in [0.25, 0.3) is 0 Å². The third kappa shape index (κ3) is 1.25. The van der Waals surface area contributed by atoms with Gasteiger partial charge >= 0.3 is 0 Å². The molecule has 114 valence electrons. The van der Waals surface area contributed by atoms with Crippen LogP contribution in [-0.2, 0) is 16.6 Å². The predicted octanol–water partition coefficient (Wildman–Crippen LogP) is 3.52. The highest BCUT2D eigenvalue weighted by atomic mass is 16.6. The number of benzene rings is 1. The van der Waals surface area contributed by atoms with Crippen molar-refractivity contribution >= 4 is 0 Å². The van der Waals surface area contributed by atoms with Crippen LogP contribution in [0.1, 0.15) is 30.4 Å². The van der Waals surface area contributed by atoms with Crippen LogP contribution >= 0.6 is 0 Å². The van der Waals surface area contributed by atoms with Crippen LogP contribution in [0.3, 0.4) is 0 Å². The Kier molecular flexibility index (Phi) is 2.35. The average Bonchev–Trinajstić information content (AvgIpc) is 2.88. The lowest BCUT2D eigenvalue weighted by Gasteiger charge is -2.49. The third-order valence-electron chi connectivity index (χ3n) is 6.02. The summed E-state index contributed by atoms with van der Waals surface area (Å²) in [5.74, 6) is 3.39. The van der Waals surface area contributed by atoms with E-state index in [2.05, 4.69) is 24.3 Å². The molecule has 22 heavy (non-hydrogen) atoms. The van der Waals surface area contributed by atoms with Gasteiger partial charge in [-0.1, -0.05) is 24.1 Å². The van der Waals surface area contributed by atoms with Gasteiger partial charge in [0.05, 0.1) is 19.6 Å². The van der Waals surface area contributed by atoms with Crippen molar-refractivity contribution in [3.05, 3.63) is 46.7 Å². The Bertz CT molecular complexity index is 730. The molecule has 1 aromatic rings. The van der Waals surface area contributed by atoms with E-state index >= 15 is 0 Å². The molecule has 0 aromatic heterocycles. The minimum Gasteiger partial charge on any atom is -0.497 e. The molecule has 3 heteroatoms. The monoisotopic (exact) mass is 296 g/mol. The van der Waals surface area contributed by atoms with Crippen molar-refractivity contribution in [3.63, 3.8) is 0 Å². The van der Waals surface area contributed by atoms with Crippen LogP contribution in [0.5, 0.6) is 11.5 Å². The molecule has 1 fully saturated rings. The molecule has 3 nitrogen and oxygen atoms in total. The summed E-state index contributed by atoms with van der Waals surface area (Å²) in [5.41, 5.74) is 4.36. The van der Waals surface area contributed by atoms with Crippen molar-refractivity contribution in [1.82, 2.24) is 0 Å². The summed E-state index contributed by atoms with van der Waals surface area (Å²) < 4.78 is 17.7. The third-order valence-corrected chi connectivity index (χ3v) is 6.02. The molecule has 0 amide bonds. The first-order valence-corrected chi connectivity index (χ1v) is 8.13. The second kappa shape index (κ2) is 4.09. The normalized spacial score (nSPS) is 33.4. The molecule has 1 spiro atoms. The van der Waals surface area contributed by atoms with E-state index in [4.69, 9.17) is 14.2 Å². The van der Waals surface area contributed by atoms with E-state index in [1.54, 1.807) is 19.8 Å². The van der Waals surface area contributed by atoms with E-state index in [0.717, 1.165) is 30.1 Å². The fourth-order valence-corrected chi connectivity index (χ4v) is 5.23. The van der Waals surface area contributed by atoms with Gasteiger partial charge in [0.2, 0.25) is 0 Å². The standard InChI is InChI=1S/C19H20O3/c1-20-14-7-5-12-10-11-4-3-9-19-13(11)6-8-15(21-2)18(19)22-17(14)16(12)19/h5-8,11,18H,3-4,9-10H2,1-2H3/t11-,18?,19?/m1/s1. The van der Waals surface area contributed by atoms with Crippen molar-refractivity contribution < 1.29 is 14.2 Å². The maximum Gasteiger partial charge on any atom is 0.169 e. The first kappa shape index (κ1) is 12.6. The second-order valence-electron chi connectivity index (χ2n) is 6.79. The molecule has 2 unspecified atom stereocenters. The van der Waals surface area contributed by atoms with Crippen molar-refractivity contribution in [2.24, 2.45) is 5.92 Å². The summed E-state index contributed by atoms with van der Waals surface area (Å²) in [6, 6.07) is 4.30. The maximum absolute atomic E-state index is 6.44. The highest BCUT2D eigenvalue weighted by Crippen LogP contribution is 2.64. The zero-order valence-electron chi connectivity index (χ0n) is 13.0. The molecule has 1 aliphatic heterocycles. The summed E-state index contributed by atoms with van der Waals surface area (Å²) in [5, 5.41) is 0. The van der Waals surface area contributed by atoms with Crippen LogP contribution in [-0.4, -0.2) is 20.3 Å². The first-order chi connectivity index (χ1) is 10.8. The molecule has 3 atom stereocenters. The van der Waals surface area contributed by atoms with E-state index in [0.29, 0.717) is 5.92 Å². The Hall–Kier alpha value is -1.90. The average molecular weight is 296 g/mol. The molecule has 0 saturated heterocycles. The molecule has 1 heterocycles. The fourth-order valence-electron chi connectivity index (χ4n) is 5.23. The Morgan fingerprint density at radius 1 is 1.18 bits per heavy atom. The zero-order valence-corrected chi connectivity index (χ0v) is 13.0. The van der Waals surface area contributed by atoms with Gasteiger partial charge in [-0.15, -0.1) is 0 Å².